The van der Waals surface area contributed by atoms with Gasteiger partial charge in [0.25, 0.3) is 0 Å². The van der Waals surface area contributed by atoms with Gasteiger partial charge in [0.1, 0.15) is 5.60 Å². The number of unbranched alkanes of at least 4 members (excludes halogenated alkanes) is 11. The highest BCUT2D eigenvalue weighted by atomic mass is 16.3. The second-order valence-electron chi connectivity index (χ2n) is 8.56. The molecule has 0 aliphatic heterocycles. The average Bonchev–Trinajstić information content (AvgIpc) is 2.65. The Hall–Kier alpha value is -1.15. The zero-order valence-electron chi connectivity index (χ0n) is 18.0. The molecule has 1 N–H and O–H groups in total. The highest BCUT2D eigenvalue weighted by Gasteiger charge is 2.31. The van der Waals surface area contributed by atoms with Gasteiger partial charge in [-0.05, 0) is 25.8 Å². The fourth-order valence-electron chi connectivity index (χ4n) is 3.75. The lowest BCUT2D eigenvalue weighted by Gasteiger charge is -2.24. The Balaban J connectivity index is 2.20. The van der Waals surface area contributed by atoms with E-state index in [2.05, 4.69) is 6.92 Å². The summed E-state index contributed by atoms with van der Waals surface area (Å²) in [6, 6.07) is 9.94. The summed E-state index contributed by atoms with van der Waals surface area (Å²) in [5.41, 5.74) is -0.231. The van der Waals surface area contributed by atoms with Crippen molar-refractivity contribution in [1.82, 2.24) is 0 Å². The van der Waals surface area contributed by atoms with Crippen LogP contribution in [0.2, 0.25) is 0 Å². The average molecular weight is 375 g/mol. The van der Waals surface area contributed by atoms with Crippen LogP contribution in [-0.4, -0.2) is 16.5 Å². The fraction of sp³-hybridized carbons (Fsp3) is 0.720. The third-order valence-corrected chi connectivity index (χ3v) is 5.47. The van der Waals surface area contributed by atoms with Crippen LogP contribution in [0.4, 0.5) is 0 Å². The van der Waals surface area contributed by atoms with Crippen LogP contribution in [0.1, 0.15) is 116 Å². The number of Topliss-reactive ketones (excluding diaryl/α,β-unsaturated/α-hetero) is 1. The summed E-state index contributed by atoms with van der Waals surface area (Å²) in [4.78, 5) is 12.6. The summed E-state index contributed by atoms with van der Waals surface area (Å²) in [6.07, 6.45) is 16.7. The van der Waals surface area contributed by atoms with E-state index in [9.17, 15) is 9.90 Å². The van der Waals surface area contributed by atoms with Crippen molar-refractivity contribution >= 4 is 5.78 Å². The molecule has 154 valence electrons. The van der Waals surface area contributed by atoms with E-state index in [0.717, 1.165) is 18.4 Å². The zero-order valence-corrected chi connectivity index (χ0v) is 18.0. The van der Waals surface area contributed by atoms with E-state index >= 15 is 0 Å². The van der Waals surface area contributed by atoms with Gasteiger partial charge in [-0.15, -0.1) is 0 Å². The number of benzene rings is 1. The monoisotopic (exact) mass is 374 g/mol. The third kappa shape index (κ3) is 10.7. The minimum absolute atomic E-state index is 0.0585. The summed E-state index contributed by atoms with van der Waals surface area (Å²) >= 11 is 0. The van der Waals surface area contributed by atoms with Crippen LogP contribution in [0.3, 0.4) is 0 Å². The normalized spacial score (nSPS) is 12.9. The molecule has 0 aliphatic carbocycles. The maximum Gasteiger partial charge on any atom is 0.171 e. The van der Waals surface area contributed by atoms with Gasteiger partial charge in [-0.2, -0.15) is 0 Å². The largest absolute Gasteiger partial charge is 0.383 e. The summed E-state index contributed by atoms with van der Waals surface area (Å²) in [6.45, 7) is 5.48. The number of aliphatic hydroxyl groups is 1. The van der Waals surface area contributed by atoms with E-state index in [-0.39, 0.29) is 11.7 Å². The standard InChI is InChI=1S/C25H42O2/c1-4-5-6-7-8-9-10-11-12-13-14-18-21-23(24(26)25(2,3)27)22-19-16-15-17-20-22/h15-17,19-20,23,27H,4-14,18,21H2,1-3H3. The maximum atomic E-state index is 12.6. The van der Waals surface area contributed by atoms with Crippen LogP contribution < -0.4 is 0 Å². The molecule has 0 aliphatic rings. The number of hydrogen-bond donors (Lipinski definition) is 1. The first-order chi connectivity index (χ1) is 13.0. The molecule has 0 saturated carbocycles. The molecular formula is C25H42O2. The van der Waals surface area contributed by atoms with E-state index in [4.69, 9.17) is 0 Å². The Kier molecular flexibility index (Phi) is 12.3. The molecule has 0 saturated heterocycles. The fourth-order valence-corrected chi connectivity index (χ4v) is 3.75. The van der Waals surface area contributed by atoms with Gasteiger partial charge in [0.2, 0.25) is 0 Å². The van der Waals surface area contributed by atoms with Crippen molar-refractivity contribution in [3.63, 3.8) is 0 Å². The molecule has 0 fully saturated rings. The van der Waals surface area contributed by atoms with Crippen LogP contribution in [0, 0.1) is 0 Å². The Morgan fingerprint density at radius 1 is 0.815 bits per heavy atom. The van der Waals surface area contributed by atoms with E-state index in [0.29, 0.717) is 0 Å². The van der Waals surface area contributed by atoms with Crippen molar-refractivity contribution in [1.29, 1.82) is 0 Å². The quantitative estimate of drug-likeness (QED) is 0.311. The van der Waals surface area contributed by atoms with E-state index < -0.39 is 5.60 Å². The van der Waals surface area contributed by atoms with Gasteiger partial charge in [0.05, 0.1) is 0 Å². The lowest BCUT2D eigenvalue weighted by atomic mass is 9.83. The van der Waals surface area contributed by atoms with Gasteiger partial charge in [0, 0.05) is 5.92 Å². The number of carbonyl (C=O) groups excluding carboxylic acids is 1. The zero-order chi connectivity index (χ0) is 20.0. The van der Waals surface area contributed by atoms with Crippen molar-refractivity contribution < 1.29 is 9.90 Å². The van der Waals surface area contributed by atoms with Crippen molar-refractivity contribution in [3.8, 4) is 0 Å². The lowest BCUT2D eigenvalue weighted by Crippen LogP contribution is -2.35. The molecule has 1 aromatic rings. The summed E-state index contributed by atoms with van der Waals surface area (Å²) in [5, 5.41) is 10.2. The first-order valence-electron chi connectivity index (χ1n) is 11.3. The molecule has 2 nitrogen and oxygen atoms in total. The minimum atomic E-state index is -1.27. The molecular weight excluding hydrogens is 332 g/mol. The molecule has 1 atom stereocenters. The van der Waals surface area contributed by atoms with Crippen LogP contribution in [0.5, 0.6) is 0 Å². The van der Waals surface area contributed by atoms with Crippen molar-refractivity contribution in [2.45, 2.75) is 116 Å². The molecule has 1 rings (SSSR count). The van der Waals surface area contributed by atoms with Gasteiger partial charge >= 0.3 is 0 Å². The van der Waals surface area contributed by atoms with Gasteiger partial charge in [0.15, 0.2) is 5.78 Å². The van der Waals surface area contributed by atoms with Crippen molar-refractivity contribution in [2.24, 2.45) is 0 Å². The van der Waals surface area contributed by atoms with E-state index in [1.165, 1.54) is 70.6 Å². The highest BCUT2D eigenvalue weighted by Crippen LogP contribution is 2.28. The van der Waals surface area contributed by atoms with Gasteiger partial charge < -0.3 is 5.11 Å². The molecule has 0 aromatic heterocycles. The molecule has 0 bridgehead atoms. The van der Waals surface area contributed by atoms with Crippen LogP contribution in [0.15, 0.2) is 30.3 Å². The molecule has 0 heterocycles. The van der Waals surface area contributed by atoms with Crippen LogP contribution in [0.25, 0.3) is 0 Å². The Morgan fingerprint density at radius 2 is 1.26 bits per heavy atom. The topological polar surface area (TPSA) is 37.3 Å². The number of ketones is 1. The van der Waals surface area contributed by atoms with E-state index in [1.54, 1.807) is 13.8 Å². The molecule has 2 heteroatoms. The molecule has 0 radical (unpaired) electrons. The predicted molar refractivity (Wildman–Crippen MR) is 116 cm³/mol. The Morgan fingerprint density at radius 3 is 1.70 bits per heavy atom. The Bertz CT molecular complexity index is 487. The summed E-state index contributed by atoms with van der Waals surface area (Å²) in [7, 11) is 0. The number of carbonyl (C=O) groups is 1. The summed E-state index contributed by atoms with van der Waals surface area (Å²) in [5.74, 6) is -0.244. The molecule has 0 spiro atoms. The third-order valence-electron chi connectivity index (χ3n) is 5.47. The van der Waals surface area contributed by atoms with Crippen molar-refractivity contribution in [2.75, 3.05) is 0 Å². The van der Waals surface area contributed by atoms with Gasteiger partial charge in [-0.3, -0.25) is 4.79 Å². The second kappa shape index (κ2) is 13.9. The van der Waals surface area contributed by atoms with E-state index in [1.807, 2.05) is 30.3 Å². The minimum Gasteiger partial charge on any atom is -0.383 e. The number of hydrogen-bond acceptors (Lipinski definition) is 2. The first-order valence-corrected chi connectivity index (χ1v) is 11.3. The number of rotatable bonds is 16. The van der Waals surface area contributed by atoms with Crippen LogP contribution in [-0.2, 0) is 4.79 Å². The molecule has 0 amide bonds. The smallest absolute Gasteiger partial charge is 0.171 e. The van der Waals surface area contributed by atoms with Crippen molar-refractivity contribution in [3.05, 3.63) is 35.9 Å². The van der Waals surface area contributed by atoms with Crippen LogP contribution >= 0.6 is 0 Å². The highest BCUT2D eigenvalue weighted by molar-refractivity contribution is 5.92. The Labute approximate surface area is 167 Å². The lowest BCUT2D eigenvalue weighted by molar-refractivity contribution is -0.135. The van der Waals surface area contributed by atoms with Gasteiger partial charge in [-0.25, -0.2) is 0 Å². The van der Waals surface area contributed by atoms with Gasteiger partial charge in [-0.1, -0.05) is 114 Å². The summed E-state index contributed by atoms with van der Waals surface area (Å²) < 4.78 is 0. The molecule has 27 heavy (non-hydrogen) atoms. The molecule has 1 aromatic carbocycles. The first kappa shape index (κ1) is 23.9. The maximum absolute atomic E-state index is 12.6. The predicted octanol–water partition coefficient (Wildman–Crippen LogP) is 7.20. The second-order valence-corrected chi connectivity index (χ2v) is 8.56. The SMILES string of the molecule is CCCCCCCCCCCCCCC(C(=O)C(C)(C)O)c1ccccc1. The molecule has 1 unspecified atom stereocenters.